The Bertz CT molecular complexity index is 87.3. The van der Waals surface area contributed by atoms with Crippen LogP contribution >= 0.6 is 12.4 Å². The fraction of sp³-hybridized carbons (Fsp3) is 1.00. The first-order chi connectivity index (χ1) is 4.27. The Labute approximate surface area is 70.0 Å². The molecule has 10 heavy (non-hydrogen) atoms. The van der Waals surface area contributed by atoms with Crippen LogP contribution in [0.15, 0.2) is 0 Å². The van der Waals surface area contributed by atoms with Crippen LogP contribution in [0.1, 0.15) is 33.1 Å². The molecule has 1 N–H and O–H groups in total. The maximum atomic E-state index is 3.43. The molecule has 0 spiro atoms. The van der Waals surface area contributed by atoms with Crippen molar-refractivity contribution in [2.24, 2.45) is 5.41 Å². The SMILES string of the molecule is CCC1(C)CCCNC1.Cl. The molecular formula is C8H18ClN. The second-order valence-electron chi connectivity index (χ2n) is 3.44. The second-order valence-corrected chi connectivity index (χ2v) is 3.44. The van der Waals surface area contributed by atoms with Gasteiger partial charge in [0.05, 0.1) is 0 Å². The van der Waals surface area contributed by atoms with Gasteiger partial charge in [-0.3, -0.25) is 0 Å². The first-order valence-electron chi connectivity index (χ1n) is 3.97. The second kappa shape index (κ2) is 4.20. The topological polar surface area (TPSA) is 12.0 Å². The van der Waals surface area contributed by atoms with E-state index in [0.29, 0.717) is 5.41 Å². The van der Waals surface area contributed by atoms with Crippen LogP contribution in [0.2, 0.25) is 0 Å². The van der Waals surface area contributed by atoms with E-state index in [-0.39, 0.29) is 12.4 Å². The minimum atomic E-state index is 0. The summed E-state index contributed by atoms with van der Waals surface area (Å²) in [5.74, 6) is 0. The molecule has 1 aliphatic rings. The standard InChI is InChI=1S/C8H17N.ClH/c1-3-8(2)5-4-6-9-7-8;/h9H,3-7H2,1-2H3;1H. The van der Waals surface area contributed by atoms with Crippen molar-refractivity contribution in [2.75, 3.05) is 13.1 Å². The molecule has 1 unspecified atom stereocenters. The highest BCUT2D eigenvalue weighted by Gasteiger charge is 2.23. The Balaban J connectivity index is 0.000000810. The highest BCUT2D eigenvalue weighted by Crippen LogP contribution is 2.28. The largest absolute Gasteiger partial charge is 0.316 e. The summed E-state index contributed by atoms with van der Waals surface area (Å²) in [6, 6.07) is 0. The highest BCUT2D eigenvalue weighted by atomic mass is 35.5. The zero-order chi connectivity index (χ0) is 6.74. The Kier molecular flexibility index (Phi) is 4.30. The zero-order valence-electron chi connectivity index (χ0n) is 6.94. The smallest absolute Gasteiger partial charge is 0.000507 e. The molecule has 0 aromatic carbocycles. The molecule has 2 heteroatoms. The van der Waals surface area contributed by atoms with Gasteiger partial charge in [0.25, 0.3) is 0 Å². The lowest BCUT2D eigenvalue weighted by Crippen LogP contribution is -2.37. The molecule has 62 valence electrons. The fourth-order valence-electron chi connectivity index (χ4n) is 1.42. The van der Waals surface area contributed by atoms with Gasteiger partial charge in [0.2, 0.25) is 0 Å². The van der Waals surface area contributed by atoms with Crippen molar-refractivity contribution in [3.05, 3.63) is 0 Å². The molecule has 0 aliphatic carbocycles. The Hall–Kier alpha value is 0.250. The van der Waals surface area contributed by atoms with E-state index in [2.05, 4.69) is 19.2 Å². The summed E-state index contributed by atoms with van der Waals surface area (Å²) in [6.45, 7) is 7.12. The van der Waals surface area contributed by atoms with Crippen molar-refractivity contribution in [1.82, 2.24) is 5.32 Å². The van der Waals surface area contributed by atoms with Crippen molar-refractivity contribution in [2.45, 2.75) is 33.1 Å². The van der Waals surface area contributed by atoms with Gasteiger partial charge in [-0.15, -0.1) is 12.4 Å². The van der Waals surface area contributed by atoms with Gasteiger partial charge in [-0.05, 0) is 31.2 Å². The third kappa shape index (κ3) is 2.47. The van der Waals surface area contributed by atoms with Crippen molar-refractivity contribution in [3.63, 3.8) is 0 Å². The fourth-order valence-corrected chi connectivity index (χ4v) is 1.42. The van der Waals surface area contributed by atoms with E-state index in [0.717, 1.165) is 0 Å². The predicted molar refractivity (Wildman–Crippen MR) is 47.7 cm³/mol. The molecule has 0 aromatic heterocycles. The summed E-state index contributed by atoms with van der Waals surface area (Å²) in [4.78, 5) is 0. The lowest BCUT2D eigenvalue weighted by Gasteiger charge is -2.32. The number of halogens is 1. The van der Waals surface area contributed by atoms with Crippen molar-refractivity contribution < 1.29 is 0 Å². The minimum Gasteiger partial charge on any atom is -0.316 e. The molecule has 1 atom stereocenters. The maximum absolute atomic E-state index is 3.43. The van der Waals surface area contributed by atoms with Gasteiger partial charge in [0.1, 0.15) is 0 Å². The molecule has 1 saturated heterocycles. The van der Waals surface area contributed by atoms with Gasteiger partial charge in [-0.2, -0.15) is 0 Å². The van der Waals surface area contributed by atoms with Gasteiger partial charge in [-0.1, -0.05) is 13.8 Å². The number of nitrogens with one attached hydrogen (secondary N) is 1. The number of rotatable bonds is 1. The van der Waals surface area contributed by atoms with Crippen molar-refractivity contribution in [3.8, 4) is 0 Å². The lowest BCUT2D eigenvalue weighted by atomic mass is 9.81. The number of hydrogen-bond donors (Lipinski definition) is 1. The third-order valence-corrected chi connectivity index (χ3v) is 2.54. The molecule has 1 rings (SSSR count). The van der Waals surface area contributed by atoms with Gasteiger partial charge in [0, 0.05) is 6.54 Å². The van der Waals surface area contributed by atoms with Gasteiger partial charge >= 0.3 is 0 Å². The van der Waals surface area contributed by atoms with Crippen LogP contribution in [0.4, 0.5) is 0 Å². The first kappa shape index (κ1) is 10.2. The molecular weight excluding hydrogens is 146 g/mol. The molecule has 0 aromatic rings. The molecule has 1 fully saturated rings. The summed E-state index contributed by atoms with van der Waals surface area (Å²) >= 11 is 0. The quantitative estimate of drug-likeness (QED) is 0.625. The molecule has 1 aliphatic heterocycles. The molecule has 1 nitrogen and oxygen atoms in total. The monoisotopic (exact) mass is 163 g/mol. The van der Waals surface area contributed by atoms with Gasteiger partial charge < -0.3 is 5.32 Å². The zero-order valence-corrected chi connectivity index (χ0v) is 7.76. The highest BCUT2D eigenvalue weighted by molar-refractivity contribution is 5.85. The van der Waals surface area contributed by atoms with Crippen LogP contribution in [-0.4, -0.2) is 13.1 Å². The maximum Gasteiger partial charge on any atom is 0.000507 e. The number of piperidine rings is 1. The van der Waals surface area contributed by atoms with E-state index in [1.165, 1.54) is 32.4 Å². The van der Waals surface area contributed by atoms with E-state index in [1.54, 1.807) is 0 Å². The molecule has 0 amide bonds. The van der Waals surface area contributed by atoms with Crippen LogP contribution < -0.4 is 5.32 Å². The van der Waals surface area contributed by atoms with E-state index >= 15 is 0 Å². The first-order valence-corrected chi connectivity index (χ1v) is 3.97. The summed E-state index contributed by atoms with van der Waals surface area (Å²) in [5, 5.41) is 3.43. The average Bonchev–Trinajstić information content (AvgIpc) is 1.90. The van der Waals surface area contributed by atoms with Gasteiger partial charge in [0.15, 0.2) is 0 Å². The summed E-state index contributed by atoms with van der Waals surface area (Å²) < 4.78 is 0. The molecule has 0 saturated carbocycles. The Morgan fingerprint density at radius 1 is 1.50 bits per heavy atom. The van der Waals surface area contributed by atoms with Crippen LogP contribution in [0.25, 0.3) is 0 Å². The molecule has 1 heterocycles. The van der Waals surface area contributed by atoms with Crippen molar-refractivity contribution in [1.29, 1.82) is 0 Å². The summed E-state index contributed by atoms with van der Waals surface area (Å²) in [6.07, 6.45) is 4.10. The molecule has 0 radical (unpaired) electrons. The minimum absolute atomic E-state index is 0. The van der Waals surface area contributed by atoms with E-state index in [9.17, 15) is 0 Å². The predicted octanol–water partition coefficient (Wildman–Crippen LogP) is 2.21. The van der Waals surface area contributed by atoms with Crippen LogP contribution in [0, 0.1) is 5.41 Å². The third-order valence-electron chi connectivity index (χ3n) is 2.54. The van der Waals surface area contributed by atoms with Crippen molar-refractivity contribution >= 4 is 12.4 Å². The summed E-state index contributed by atoms with van der Waals surface area (Å²) in [7, 11) is 0. The van der Waals surface area contributed by atoms with E-state index in [1.807, 2.05) is 0 Å². The van der Waals surface area contributed by atoms with Crippen LogP contribution in [-0.2, 0) is 0 Å². The van der Waals surface area contributed by atoms with E-state index < -0.39 is 0 Å². The molecule has 0 bridgehead atoms. The van der Waals surface area contributed by atoms with Crippen LogP contribution in [0.3, 0.4) is 0 Å². The average molecular weight is 164 g/mol. The summed E-state index contributed by atoms with van der Waals surface area (Å²) in [5.41, 5.74) is 0.609. The van der Waals surface area contributed by atoms with Crippen LogP contribution in [0.5, 0.6) is 0 Å². The normalized spacial score (nSPS) is 33.0. The Morgan fingerprint density at radius 2 is 2.20 bits per heavy atom. The van der Waals surface area contributed by atoms with Gasteiger partial charge in [-0.25, -0.2) is 0 Å². The lowest BCUT2D eigenvalue weighted by molar-refractivity contribution is 0.228. The number of hydrogen-bond acceptors (Lipinski definition) is 1. The Morgan fingerprint density at radius 3 is 2.50 bits per heavy atom. The van der Waals surface area contributed by atoms with E-state index in [4.69, 9.17) is 0 Å².